The number of hydrogen-bond donors (Lipinski definition) is 0. The lowest BCUT2D eigenvalue weighted by molar-refractivity contribution is -0.0449. The molecule has 0 aliphatic heterocycles. The minimum atomic E-state index is -0.603. The number of benzene rings is 1. The lowest BCUT2D eigenvalue weighted by Crippen LogP contribution is -2.47. The fourth-order valence-corrected chi connectivity index (χ4v) is 2.10. The molecule has 86 valence electrons. The van der Waals surface area contributed by atoms with Crippen LogP contribution < -0.4 is 4.74 Å². The van der Waals surface area contributed by atoms with Crippen LogP contribution in [0.15, 0.2) is 24.3 Å². The smallest absolute Gasteiger partial charge is 0.198 e. The van der Waals surface area contributed by atoms with Crippen LogP contribution in [0.2, 0.25) is 0 Å². The lowest BCUT2D eigenvalue weighted by atomic mass is 9.74. The van der Waals surface area contributed by atoms with Gasteiger partial charge in [-0.2, -0.15) is 0 Å². The second kappa shape index (κ2) is 4.26. The zero-order valence-corrected chi connectivity index (χ0v) is 9.66. The molecule has 0 N–H and O–H groups in total. The first-order valence-electron chi connectivity index (χ1n) is 5.46. The Kier molecular flexibility index (Phi) is 2.97. The zero-order chi connectivity index (χ0) is 11.6. The quantitative estimate of drug-likeness (QED) is 0.731. The Morgan fingerprint density at radius 1 is 1.25 bits per heavy atom. The highest BCUT2D eigenvalue weighted by Gasteiger charge is 2.45. The van der Waals surface area contributed by atoms with Gasteiger partial charge in [0.2, 0.25) is 0 Å². The van der Waals surface area contributed by atoms with Crippen molar-refractivity contribution in [1.29, 1.82) is 0 Å². The van der Waals surface area contributed by atoms with E-state index in [1.165, 1.54) is 0 Å². The summed E-state index contributed by atoms with van der Waals surface area (Å²) in [6.45, 7) is 0. The van der Waals surface area contributed by atoms with Crippen LogP contribution in [0.5, 0.6) is 5.75 Å². The van der Waals surface area contributed by atoms with Gasteiger partial charge in [-0.3, -0.25) is 4.79 Å². The van der Waals surface area contributed by atoms with Crippen molar-refractivity contribution in [1.82, 2.24) is 0 Å². The SMILES string of the molecule is COc1ccccc1C(=O)C1(OC)CCC1. The number of rotatable bonds is 4. The van der Waals surface area contributed by atoms with Crippen LogP contribution in [0.25, 0.3) is 0 Å². The molecule has 1 aliphatic carbocycles. The third-order valence-electron chi connectivity index (χ3n) is 3.32. The Morgan fingerprint density at radius 3 is 2.44 bits per heavy atom. The summed E-state index contributed by atoms with van der Waals surface area (Å²) in [6, 6.07) is 7.29. The topological polar surface area (TPSA) is 35.5 Å². The number of hydrogen-bond acceptors (Lipinski definition) is 3. The van der Waals surface area contributed by atoms with Crippen molar-refractivity contribution in [3.63, 3.8) is 0 Å². The Labute approximate surface area is 95.4 Å². The van der Waals surface area contributed by atoms with Crippen molar-refractivity contribution in [3.05, 3.63) is 29.8 Å². The largest absolute Gasteiger partial charge is 0.496 e. The Hall–Kier alpha value is -1.35. The van der Waals surface area contributed by atoms with E-state index in [0.717, 1.165) is 19.3 Å². The number of para-hydroxylation sites is 1. The maximum absolute atomic E-state index is 12.4. The van der Waals surface area contributed by atoms with E-state index in [0.29, 0.717) is 11.3 Å². The van der Waals surface area contributed by atoms with Gasteiger partial charge in [0, 0.05) is 7.11 Å². The minimum absolute atomic E-state index is 0.0405. The van der Waals surface area contributed by atoms with Crippen LogP contribution >= 0.6 is 0 Å². The summed E-state index contributed by atoms with van der Waals surface area (Å²) in [6.07, 6.45) is 2.66. The highest BCUT2D eigenvalue weighted by Crippen LogP contribution is 2.39. The molecular formula is C13H16O3. The van der Waals surface area contributed by atoms with Crippen LogP contribution in [-0.4, -0.2) is 25.6 Å². The number of Topliss-reactive ketones (excluding diaryl/α,β-unsaturated/α-hetero) is 1. The van der Waals surface area contributed by atoms with Crippen molar-refractivity contribution in [2.45, 2.75) is 24.9 Å². The van der Waals surface area contributed by atoms with E-state index in [4.69, 9.17) is 9.47 Å². The summed E-state index contributed by atoms with van der Waals surface area (Å²) in [4.78, 5) is 12.4. The summed E-state index contributed by atoms with van der Waals surface area (Å²) in [5, 5.41) is 0. The molecule has 1 aromatic carbocycles. The maximum Gasteiger partial charge on any atom is 0.198 e. The molecule has 1 aromatic rings. The van der Waals surface area contributed by atoms with E-state index >= 15 is 0 Å². The van der Waals surface area contributed by atoms with Gasteiger partial charge in [-0.05, 0) is 31.4 Å². The molecule has 3 heteroatoms. The first-order valence-corrected chi connectivity index (χ1v) is 5.46. The van der Waals surface area contributed by atoms with E-state index < -0.39 is 5.60 Å². The van der Waals surface area contributed by atoms with Crippen molar-refractivity contribution >= 4 is 5.78 Å². The van der Waals surface area contributed by atoms with Gasteiger partial charge in [-0.25, -0.2) is 0 Å². The fourth-order valence-electron chi connectivity index (χ4n) is 2.10. The lowest BCUT2D eigenvalue weighted by Gasteiger charge is -2.39. The third kappa shape index (κ3) is 1.61. The molecule has 1 fully saturated rings. The van der Waals surface area contributed by atoms with Gasteiger partial charge < -0.3 is 9.47 Å². The fraction of sp³-hybridized carbons (Fsp3) is 0.462. The van der Waals surface area contributed by atoms with Crippen LogP contribution in [0.3, 0.4) is 0 Å². The van der Waals surface area contributed by atoms with Gasteiger partial charge in [0.15, 0.2) is 5.78 Å². The molecule has 0 unspecified atom stereocenters. The normalized spacial score (nSPS) is 17.6. The van der Waals surface area contributed by atoms with E-state index in [1.54, 1.807) is 26.4 Å². The molecule has 0 radical (unpaired) electrons. The molecule has 0 saturated heterocycles. The molecule has 16 heavy (non-hydrogen) atoms. The summed E-state index contributed by atoms with van der Waals surface area (Å²) in [5.74, 6) is 0.662. The van der Waals surface area contributed by atoms with E-state index in [1.807, 2.05) is 12.1 Å². The molecular weight excluding hydrogens is 204 g/mol. The number of methoxy groups -OCH3 is 2. The number of ketones is 1. The average Bonchev–Trinajstić information content (AvgIpc) is 2.28. The van der Waals surface area contributed by atoms with Gasteiger partial charge in [0.25, 0.3) is 0 Å². The average molecular weight is 220 g/mol. The predicted octanol–water partition coefficient (Wildman–Crippen LogP) is 2.45. The maximum atomic E-state index is 12.4. The van der Waals surface area contributed by atoms with Crippen LogP contribution in [0.4, 0.5) is 0 Å². The summed E-state index contributed by atoms with van der Waals surface area (Å²) < 4.78 is 10.6. The second-order valence-electron chi connectivity index (χ2n) is 4.08. The molecule has 2 rings (SSSR count). The molecule has 1 aliphatic rings. The first-order chi connectivity index (χ1) is 7.73. The van der Waals surface area contributed by atoms with Crippen molar-refractivity contribution in [2.24, 2.45) is 0 Å². The summed E-state index contributed by atoms with van der Waals surface area (Å²) in [7, 11) is 3.18. The predicted molar refractivity (Wildman–Crippen MR) is 60.9 cm³/mol. The second-order valence-corrected chi connectivity index (χ2v) is 4.08. The highest BCUT2D eigenvalue weighted by atomic mass is 16.5. The van der Waals surface area contributed by atoms with E-state index in [-0.39, 0.29) is 5.78 Å². The Bertz CT molecular complexity index is 388. The van der Waals surface area contributed by atoms with E-state index in [9.17, 15) is 4.79 Å². The van der Waals surface area contributed by atoms with Crippen LogP contribution in [0.1, 0.15) is 29.6 Å². The monoisotopic (exact) mass is 220 g/mol. The van der Waals surface area contributed by atoms with Gasteiger partial charge in [-0.1, -0.05) is 12.1 Å². The standard InChI is InChI=1S/C13H16O3/c1-15-11-7-4-3-6-10(11)12(14)13(16-2)8-5-9-13/h3-4,6-7H,5,8-9H2,1-2H3. The number of carbonyl (C=O) groups is 1. The molecule has 3 nitrogen and oxygen atoms in total. The van der Waals surface area contributed by atoms with Crippen molar-refractivity contribution in [3.8, 4) is 5.75 Å². The number of carbonyl (C=O) groups excluding carboxylic acids is 1. The van der Waals surface area contributed by atoms with E-state index in [2.05, 4.69) is 0 Å². The highest BCUT2D eigenvalue weighted by molar-refractivity contribution is 6.05. The molecule has 0 atom stereocenters. The van der Waals surface area contributed by atoms with Gasteiger partial charge in [-0.15, -0.1) is 0 Å². The zero-order valence-electron chi connectivity index (χ0n) is 9.66. The van der Waals surface area contributed by atoms with Crippen LogP contribution in [-0.2, 0) is 4.74 Å². The van der Waals surface area contributed by atoms with Gasteiger partial charge in [0.05, 0.1) is 12.7 Å². The first kappa shape index (κ1) is 11.1. The Morgan fingerprint density at radius 2 is 1.94 bits per heavy atom. The molecule has 1 saturated carbocycles. The van der Waals surface area contributed by atoms with Gasteiger partial charge in [0.1, 0.15) is 11.4 Å². The van der Waals surface area contributed by atoms with Crippen molar-refractivity contribution in [2.75, 3.05) is 14.2 Å². The number of ether oxygens (including phenoxy) is 2. The molecule has 0 bridgehead atoms. The molecule has 0 heterocycles. The minimum Gasteiger partial charge on any atom is -0.496 e. The molecule has 0 aromatic heterocycles. The summed E-state index contributed by atoms with van der Waals surface area (Å²) in [5.41, 5.74) is 0.0146. The molecule has 0 spiro atoms. The summed E-state index contributed by atoms with van der Waals surface area (Å²) >= 11 is 0. The van der Waals surface area contributed by atoms with Crippen LogP contribution in [0, 0.1) is 0 Å². The Balaban J connectivity index is 2.33. The van der Waals surface area contributed by atoms with Crippen molar-refractivity contribution < 1.29 is 14.3 Å². The molecule has 0 amide bonds. The third-order valence-corrected chi connectivity index (χ3v) is 3.32. The van der Waals surface area contributed by atoms with Gasteiger partial charge >= 0.3 is 0 Å².